The number of methoxy groups -OCH3 is 2. The molecule has 4 saturated carbocycles. The van der Waals surface area contributed by atoms with E-state index in [2.05, 4.69) is 6.92 Å². The second kappa shape index (κ2) is 5.79. The molecule has 5 rings (SSSR count). The van der Waals surface area contributed by atoms with Crippen molar-refractivity contribution >= 4 is 11.8 Å². The number of carbonyl (C=O) groups is 2. The van der Waals surface area contributed by atoms with E-state index in [1.165, 1.54) is 7.11 Å². The first kappa shape index (κ1) is 19.0. The van der Waals surface area contributed by atoms with E-state index >= 15 is 0 Å². The molecule has 156 valence electrons. The Labute approximate surface area is 166 Å². The van der Waals surface area contributed by atoms with Crippen LogP contribution in [0.2, 0.25) is 0 Å². The summed E-state index contributed by atoms with van der Waals surface area (Å²) in [6.07, 6.45) is 5.76. The maximum absolute atomic E-state index is 12.5. The summed E-state index contributed by atoms with van der Waals surface area (Å²) in [6, 6.07) is 0. The highest BCUT2D eigenvalue weighted by atomic mass is 16.7. The van der Waals surface area contributed by atoms with E-state index in [-0.39, 0.29) is 46.9 Å². The second-order valence-corrected chi connectivity index (χ2v) is 10.2. The van der Waals surface area contributed by atoms with Crippen LogP contribution in [0.4, 0.5) is 0 Å². The third kappa shape index (κ3) is 1.95. The van der Waals surface area contributed by atoms with Crippen molar-refractivity contribution in [2.24, 2.45) is 28.6 Å². The minimum atomic E-state index is -1.04. The molecule has 6 nitrogen and oxygen atoms in total. The smallest absolute Gasteiger partial charge is 0.309 e. The number of Topliss-reactive ketones (excluding diaryl/α,β-unsaturated/α-hetero) is 1. The van der Waals surface area contributed by atoms with Crippen LogP contribution in [-0.2, 0) is 23.8 Å². The molecule has 0 unspecified atom stereocenters. The van der Waals surface area contributed by atoms with Crippen LogP contribution in [0.15, 0.2) is 0 Å². The molecule has 1 spiro atoms. The first-order valence-electron chi connectivity index (χ1n) is 10.8. The minimum Gasteiger partial charge on any atom is -0.469 e. The highest BCUT2D eigenvalue weighted by Gasteiger charge is 2.79. The van der Waals surface area contributed by atoms with E-state index in [1.807, 2.05) is 0 Å². The van der Waals surface area contributed by atoms with Gasteiger partial charge in [-0.05, 0) is 56.3 Å². The van der Waals surface area contributed by atoms with Crippen LogP contribution in [0.1, 0.15) is 64.7 Å². The van der Waals surface area contributed by atoms with Crippen molar-refractivity contribution in [1.29, 1.82) is 0 Å². The molecule has 6 heteroatoms. The molecule has 5 fully saturated rings. The first-order valence-corrected chi connectivity index (χ1v) is 10.8. The lowest BCUT2D eigenvalue weighted by Gasteiger charge is -2.62. The lowest BCUT2D eigenvalue weighted by Crippen LogP contribution is -2.67. The molecule has 28 heavy (non-hydrogen) atoms. The fourth-order valence-electron chi connectivity index (χ4n) is 8.57. The molecule has 1 N–H and O–H groups in total. The number of ketones is 1. The number of ether oxygens (including phenoxy) is 3. The van der Waals surface area contributed by atoms with Gasteiger partial charge in [-0.2, -0.15) is 0 Å². The van der Waals surface area contributed by atoms with Crippen LogP contribution in [0.3, 0.4) is 0 Å². The Hall–Kier alpha value is -0.980. The summed E-state index contributed by atoms with van der Waals surface area (Å²) in [5.41, 5.74) is -2.07. The van der Waals surface area contributed by atoms with Gasteiger partial charge in [-0.3, -0.25) is 9.59 Å². The fraction of sp³-hybridized carbons (Fsp3) is 0.909. The zero-order valence-electron chi connectivity index (χ0n) is 17.2. The van der Waals surface area contributed by atoms with Gasteiger partial charge < -0.3 is 19.3 Å². The topological polar surface area (TPSA) is 82.1 Å². The minimum absolute atomic E-state index is 0.0901. The average molecular weight is 392 g/mol. The van der Waals surface area contributed by atoms with E-state index in [9.17, 15) is 14.7 Å². The molecule has 0 amide bonds. The van der Waals surface area contributed by atoms with Gasteiger partial charge in [0.2, 0.25) is 0 Å². The van der Waals surface area contributed by atoms with Crippen LogP contribution in [-0.4, -0.2) is 48.6 Å². The number of fused-ring (bicyclic) bond motifs is 1. The summed E-state index contributed by atoms with van der Waals surface area (Å²) in [5, 5.41) is 11.7. The molecule has 0 aromatic heterocycles. The van der Waals surface area contributed by atoms with Gasteiger partial charge in [0.25, 0.3) is 0 Å². The predicted octanol–water partition coefficient (Wildman–Crippen LogP) is 2.61. The normalized spacial score (nSPS) is 54.6. The van der Waals surface area contributed by atoms with Crippen LogP contribution in [0.25, 0.3) is 0 Å². The molecule has 1 saturated heterocycles. The van der Waals surface area contributed by atoms with E-state index in [4.69, 9.17) is 14.2 Å². The van der Waals surface area contributed by atoms with Crippen LogP contribution in [0, 0.1) is 28.6 Å². The molecule has 1 aliphatic heterocycles. The Bertz CT molecular complexity index is 722. The fourth-order valence-corrected chi connectivity index (χ4v) is 8.57. The molecule has 4 aliphatic carbocycles. The summed E-state index contributed by atoms with van der Waals surface area (Å²) in [6.45, 7) is 2.23. The van der Waals surface area contributed by atoms with Gasteiger partial charge in [-0.25, -0.2) is 0 Å². The van der Waals surface area contributed by atoms with Gasteiger partial charge in [0.1, 0.15) is 5.78 Å². The van der Waals surface area contributed by atoms with Crippen LogP contribution < -0.4 is 0 Å². The number of rotatable bonds is 2. The van der Waals surface area contributed by atoms with Crippen LogP contribution >= 0.6 is 0 Å². The summed E-state index contributed by atoms with van der Waals surface area (Å²) >= 11 is 0. The van der Waals surface area contributed by atoms with Crippen molar-refractivity contribution in [3.05, 3.63) is 0 Å². The monoisotopic (exact) mass is 392 g/mol. The largest absolute Gasteiger partial charge is 0.469 e. The summed E-state index contributed by atoms with van der Waals surface area (Å²) < 4.78 is 17.8. The lowest BCUT2D eigenvalue weighted by molar-refractivity contribution is -0.225. The van der Waals surface area contributed by atoms with E-state index in [0.717, 1.165) is 32.1 Å². The zero-order valence-corrected chi connectivity index (χ0v) is 17.2. The maximum Gasteiger partial charge on any atom is 0.309 e. The molecular weight excluding hydrogens is 360 g/mol. The lowest BCUT2D eigenvalue weighted by atomic mass is 9.42. The number of carbonyl (C=O) groups excluding carboxylic acids is 2. The third-order valence-corrected chi connectivity index (χ3v) is 9.66. The quantitative estimate of drug-likeness (QED) is 0.728. The van der Waals surface area contributed by atoms with Crippen molar-refractivity contribution in [3.63, 3.8) is 0 Å². The second-order valence-electron chi connectivity index (χ2n) is 10.2. The first-order chi connectivity index (χ1) is 13.3. The van der Waals surface area contributed by atoms with Crippen molar-refractivity contribution in [2.75, 3.05) is 14.2 Å². The van der Waals surface area contributed by atoms with Crippen molar-refractivity contribution in [3.8, 4) is 0 Å². The number of esters is 1. The SMILES string of the molecule is COC(=O)[C@@H]1CC[C@H]2[C@@]1(C)CC[C@@H]1[C@]23CC[C@@]2(O)CC(=O)CC[C@@]12[C@@H](OC)O3. The Kier molecular flexibility index (Phi) is 3.93. The number of hydrogen-bond donors (Lipinski definition) is 1. The highest BCUT2D eigenvalue weighted by Crippen LogP contribution is 2.75. The van der Waals surface area contributed by atoms with Gasteiger partial charge in [0.15, 0.2) is 6.29 Å². The number of aliphatic hydroxyl groups is 1. The van der Waals surface area contributed by atoms with Crippen molar-refractivity contribution in [1.82, 2.24) is 0 Å². The highest BCUT2D eigenvalue weighted by molar-refractivity contribution is 5.81. The summed E-state index contributed by atoms with van der Waals surface area (Å²) in [5.74, 6) is 0.377. The maximum atomic E-state index is 12.5. The zero-order chi connectivity index (χ0) is 19.9. The molecule has 2 bridgehead atoms. The van der Waals surface area contributed by atoms with Gasteiger partial charge in [-0.1, -0.05) is 6.92 Å². The Morgan fingerprint density at radius 2 is 1.89 bits per heavy atom. The molecule has 0 radical (unpaired) electrons. The predicted molar refractivity (Wildman–Crippen MR) is 99.1 cm³/mol. The van der Waals surface area contributed by atoms with Crippen molar-refractivity contribution in [2.45, 2.75) is 82.2 Å². The summed E-state index contributed by atoms with van der Waals surface area (Å²) in [4.78, 5) is 24.7. The molecule has 5 aliphatic rings. The molecule has 1 heterocycles. The number of hydrogen-bond acceptors (Lipinski definition) is 6. The van der Waals surface area contributed by atoms with Gasteiger partial charge in [0, 0.05) is 25.9 Å². The molecule has 0 aromatic rings. The molecular formula is C22H32O6. The molecule has 8 atom stereocenters. The Morgan fingerprint density at radius 1 is 1.11 bits per heavy atom. The van der Waals surface area contributed by atoms with E-state index in [1.54, 1.807) is 7.11 Å². The van der Waals surface area contributed by atoms with Crippen molar-refractivity contribution < 1.29 is 28.9 Å². The Morgan fingerprint density at radius 3 is 2.61 bits per heavy atom. The van der Waals surface area contributed by atoms with E-state index in [0.29, 0.717) is 19.3 Å². The third-order valence-electron chi connectivity index (χ3n) is 9.66. The average Bonchev–Trinajstić information content (AvgIpc) is 3.13. The van der Waals surface area contributed by atoms with Gasteiger partial charge in [-0.15, -0.1) is 0 Å². The standard InChI is InChI=1S/C22H32O6/c1-19-8-7-16-21-9-6-13(23)12-20(21,25)10-11-22(16,28-18(21)27-3)15(19)5-4-14(19)17(24)26-2/h14-16,18,25H,4-12H2,1-3H3/t14-,15-,16-,18-,19-,20+,21-,22-/m0/s1. The van der Waals surface area contributed by atoms with E-state index < -0.39 is 17.3 Å². The van der Waals surface area contributed by atoms with Crippen LogP contribution in [0.5, 0.6) is 0 Å². The summed E-state index contributed by atoms with van der Waals surface area (Å²) in [7, 11) is 3.13. The molecule has 0 aromatic carbocycles. The Balaban J connectivity index is 1.60. The van der Waals surface area contributed by atoms with Gasteiger partial charge in [0.05, 0.1) is 29.6 Å². The van der Waals surface area contributed by atoms with Gasteiger partial charge >= 0.3 is 5.97 Å².